The van der Waals surface area contributed by atoms with Crippen LogP contribution in [0.3, 0.4) is 0 Å². The van der Waals surface area contributed by atoms with Crippen molar-refractivity contribution < 1.29 is 4.74 Å². The van der Waals surface area contributed by atoms with E-state index in [0.29, 0.717) is 5.92 Å². The zero-order valence-electron chi connectivity index (χ0n) is 8.44. The minimum atomic E-state index is 0.610. The largest absolute Gasteiger partial charge is 0.381 e. The second kappa shape index (κ2) is 4.52. The third-order valence-electron chi connectivity index (χ3n) is 2.41. The average Bonchev–Trinajstić information content (AvgIpc) is 2.79. The molecule has 1 atom stereocenters. The number of aromatic nitrogens is 3. The Balaban J connectivity index is 1.88. The van der Waals surface area contributed by atoms with Gasteiger partial charge in [0.05, 0.1) is 12.3 Å². The van der Waals surface area contributed by atoms with Crippen LogP contribution in [0.5, 0.6) is 0 Å². The summed E-state index contributed by atoms with van der Waals surface area (Å²) in [4.78, 5) is 0. The molecule has 1 aliphatic rings. The molecule has 0 spiro atoms. The summed E-state index contributed by atoms with van der Waals surface area (Å²) in [6, 6.07) is 0. The predicted molar refractivity (Wildman–Crippen MR) is 51.7 cm³/mol. The van der Waals surface area contributed by atoms with Crippen molar-refractivity contribution in [1.82, 2.24) is 20.3 Å². The van der Waals surface area contributed by atoms with Crippen molar-refractivity contribution in [3.8, 4) is 0 Å². The number of hydrogen-bond donors (Lipinski definition) is 1. The third kappa shape index (κ3) is 2.30. The molecule has 14 heavy (non-hydrogen) atoms. The molecule has 2 heterocycles. The fourth-order valence-corrected chi connectivity index (χ4v) is 1.68. The topological polar surface area (TPSA) is 52.0 Å². The SMILES string of the molecule is CNCc1cn(C[C@@H]2CCOC2)nn1. The van der Waals surface area contributed by atoms with Gasteiger partial charge in [0.25, 0.3) is 0 Å². The van der Waals surface area contributed by atoms with Gasteiger partial charge in [-0.15, -0.1) is 5.10 Å². The normalized spacial score (nSPS) is 21.6. The molecule has 2 rings (SSSR count). The minimum Gasteiger partial charge on any atom is -0.381 e. The van der Waals surface area contributed by atoms with Gasteiger partial charge in [-0.3, -0.25) is 4.68 Å². The van der Waals surface area contributed by atoms with E-state index in [1.165, 1.54) is 0 Å². The molecular weight excluding hydrogens is 180 g/mol. The van der Waals surface area contributed by atoms with Crippen molar-refractivity contribution in [3.05, 3.63) is 11.9 Å². The molecule has 0 aromatic carbocycles. The van der Waals surface area contributed by atoms with Crippen LogP contribution >= 0.6 is 0 Å². The molecular formula is C9H16N4O. The molecule has 0 saturated carbocycles. The van der Waals surface area contributed by atoms with Gasteiger partial charge in [-0.05, 0) is 13.5 Å². The molecule has 1 fully saturated rings. The highest BCUT2D eigenvalue weighted by atomic mass is 16.5. The monoisotopic (exact) mass is 196 g/mol. The summed E-state index contributed by atoms with van der Waals surface area (Å²) in [7, 11) is 1.91. The van der Waals surface area contributed by atoms with Gasteiger partial charge in [0.15, 0.2) is 0 Å². The maximum absolute atomic E-state index is 5.31. The molecule has 1 aromatic rings. The Morgan fingerprint density at radius 3 is 3.36 bits per heavy atom. The van der Waals surface area contributed by atoms with Gasteiger partial charge in [0.1, 0.15) is 0 Å². The summed E-state index contributed by atoms with van der Waals surface area (Å²) in [5.74, 6) is 0.610. The van der Waals surface area contributed by atoms with Gasteiger partial charge >= 0.3 is 0 Å². The Hall–Kier alpha value is -0.940. The van der Waals surface area contributed by atoms with Gasteiger partial charge in [-0.25, -0.2) is 0 Å². The van der Waals surface area contributed by atoms with Crippen LogP contribution in [0.4, 0.5) is 0 Å². The van der Waals surface area contributed by atoms with Crippen LogP contribution in [-0.2, 0) is 17.8 Å². The summed E-state index contributed by atoms with van der Waals surface area (Å²) < 4.78 is 7.22. The van der Waals surface area contributed by atoms with Crippen LogP contribution in [-0.4, -0.2) is 35.3 Å². The van der Waals surface area contributed by atoms with Gasteiger partial charge in [-0.1, -0.05) is 5.21 Å². The zero-order chi connectivity index (χ0) is 9.80. The second-order valence-corrected chi connectivity index (χ2v) is 3.69. The Morgan fingerprint density at radius 1 is 1.71 bits per heavy atom. The van der Waals surface area contributed by atoms with Crippen LogP contribution < -0.4 is 5.32 Å². The molecule has 5 heteroatoms. The second-order valence-electron chi connectivity index (χ2n) is 3.69. The highest BCUT2D eigenvalue weighted by Crippen LogP contribution is 2.13. The summed E-state index contributed by atoms with van der Waals surface area (Å²) in [5, 5.41) is 11.2. The molecule has 1 aromatic heterocycles. The number of nitrogens with one attached hydrogen (secondary N) is 1. The predicted octanol–water partition coefficient (Wildman–Crippen LogP) is 0.0340. The van der Waals surface area contributed by atoms with Crippen LogP contribution in [0, 0.1) is 5.92 Å². The lowest BCUT2D eigenvalue weighted by Gasteiger charge is -2.05. The lowest BCUT2D eigenvalue weighted by atomic mass is 10.1. The lowest BCUT2D eigenvalue weighted by Crippen LogP contribution is -2.11. The number of rotatable bonds is 4. The van der Waals surface area contributed by atoms with E-state index in [4.69, 9.17) is 4.74 Å². The summed E-state index contributed by atoms with van der Waals surface area (Å²) >= 11 is 0. The Morgan fingerprint density at radius 2 is 2.64 bits per heavy atom. The fraction of sp³-hybridized carbons (Fsp3) is 0.778. The van der Waals surface area contributed by atoms with Crippen molar-refractivity contribution in [2.45, 2.75) is 19.5 Å². The van der Waals surface area contributed by atoms with Crippen LogP contribution in [0.1, 0.15) is 12.1 Å². The maximum atomic E-state index is 5.31. The van der Waals surface area contributed by atoms with E-state index < -0.39 is 0 Å². The molecule has 1 aliphatic heterocycles. The molecule has 5 nitrogen and oxygen atoms in total. The van der Waals surface area contributed by atoms with E-state index in [-0.39, 0.29) is 0 Å². The number of hydrogen-bond acceptors (Lipinski definition) is 4. The quantitative estimate of drug-likeness (QED) is 0.738. The van der Waals surface area contributed by atoms with E-state index in [9.17, 15) is 0 Å². The van der Waals surface area contributed by atoms with E-state index >= 15 is 0 Å². The van der Waals surface area contributed by atoms with Crippen LogP contribution in [0.2, 0.25) is 0 Å². The summed E-state index contributed by atoms with van der Waals surface area (Å²) in [6.07, 6.45) is 3.13. The zero-order valence-corrected chi connectivity index (χ0v) is 8.44. The molecule has 0 aliphatic carbocycles. The molecule has 0 unspecified atom stereocenters. The molecule has 0 bridgehead atoms. The highest BCUT2D eigenvalue weighted by molar-refractivity contribution is 4.91. The smallest absolute Gasteiger partial charge is 0.0964 e. The molecule has 1 saturated heterocycles. The molecule has 1 N–H and O–H groups in total. The Bertz CT molecular complexity index is 280. The van der Waals surface area contributed by atoms with E-state index in [1.54, 1.807) is 0 Å². The van der Waals surface area contributed by atoms with Crippen molar-refractivity contribution >= 4 is 0 Å². The minimum absolute atomic E-state index is 0.610. The number of ether oxygens (including phenoxy) is 1. The standard InChI is InChI=1S/C9H16N4O/c1-10-4-9-6-13(12-11-9)5-8-2-3-14-7-8/h6,8,10H,2-5,7H2,1H3/t8-/m0/s1. The first-order chi connectivity index (χ1) is 6.88. The first-order valence-electron chi connectivity index (χ1n) is 5.00. The molecule has 78 valence electrons. The van der Waals surface area contributed by atoms with Crippen LogP contribution in [0.15, 0.2) is 6.20 Å². The Labute approximate surface area is 83.4 Å². The van der Waals surface area contributed by atoms with Gasteiger partial charge < -0.3 is 10.1 Å². The van der Waals surface area contributed by atoms with Crippen molar-refractivity contribution in [2.24, 2.45) is 5.92 Å². The van der Waals surface area contributed by atoms with E-state index in [2.05, 4.69) is 15.6 Å². The van der Waals surface area contributed by atoms with Crippen LogP contribution in [0.25, 0.3) is 0 Å². The van der Waals surface area contributed by atoms with Gasteiger partial charge in [-0.2, -0.15) is 0 Å². The lowest BCUT2D eigenvalue weighted by molar-refractivity contribution is 0.181. The third-order valence-corrected chi connectivity index (χ3v) is 2.41. The maximum Gasteiger partial charge on any atom is 0.0964 e. The van der Waals surface area contributed by atoms with Gasteiger partial charge in [0, 0.05) is 31.8 Å². The first kappa shape index (κ1) is 9.61. The van der Waals surface area contributed by atoms with Crippen molar-refractivity contribution in [1.29, 1.82) is 0 Å². The van der Waals surface area contributed by atoms with Crippen molar-refractivity contribution in [3.63, 3.8) is 0 Å². The summed E-state index contributed by atoms with van der Waals surface area (Å²) in [5.41, 5.74) is 0.992. The highest BCUT2D eigenvalue weighted by Gasteiger charge is 2.16. The number of nitrogens with zero attached hydrogens (tertiary/aromatic N) is 3. The Kier molecular flexibility index (Phi) is 3.10. The van der Waals surface area contributed by atoms with E-state index in [0.717, 1.165) is 38.4 Å². The first-order valence-corrected chi connectivity index (χ1v) is 5.00. The van der Waals surface area contributed by atoms with Crippen molar-refractivity contribution in [2.75, 3.05) is 20.3 Å². The molecule has 0 amide bonds. The summed E-state index contributed by atoms with van der Waals surface area (Å²) in [6.45, 7) is 3.46. The van der Waals surface area contributed by atoms with Gasteiger partial charge in [0.2, 0.25) is 0 Å². The molecule has 0 radical (unpaired) electrons. The van der Waals surface area contributed by atoms with E-state index in [1.807, 2.05) is 17.9 Å². The average molecular weight is 196 g/mol. The fourth-order valence-electron chi connectivity index (χ4n) is 1.68.